The predicted octanol–water partition coefficient (Wildman–Crippen LogP) is 0.892. The molecule has 10 nitrogen and oxygen atoms in total. The highest BCUT2D eigenvalue weighted by Gasteiger charge is 2.12. The Bertz CT molecular complexity index is 967. The summed E-state index contributed by atoms with van der Waals surface area (Å²) in [7, 11) is 3.03. The average Bonchev–Trinajstić information content (AvgIpc) is 2.73. The standard InChI is InChI=1S/C20H29N5O5/c1-15(16-4-6-17(7-5-16)25(29)30)8-10-24(12-13-26)11-9-21-18-14-19(27)23(3)20(28)22(18)2/h4-7,14-15,21,26H,8-13H2,1-3H3. The molecule has 10 heteroatoms. The van der Waals surface area contributed by atoms with Crippen molar-refractivity contribution in [3.05, 3.63) is 66.8 Å². The summed E-state index contributed by atoms with van der Waals surface area (Å²) in [5.41, 5.74) is 0.334. The van der Waals surface area contributed by atoms with Crippen molar-refractivity contribution >= 4 is 11.5 Å². The Morgan fingerprint density at radius 1 is 1.13 bits per heavy atom. The second-order valence-corrected chi connectivity index (χ2v) is 7.30. The Morgan fingerprint density at radius 3 is 2.40 bits per heavy atom. The van der Waals surface area contributed by atoms with Gasteiger partial charge in [-0.15, -0.1) is 0 Å². The fourth-order valence-corrected chi connectivity index (χ4v) is 3.19. The largest absolute Gasteiger partial charge is 0.395 e. The maximum absolute atomic E-state index is 12.0. The summed E-state index contributed by atoms with van der Waals surface area (Å²) >= 11 is 0. The van der Waals surface area contributed by atoms with Gasteiger partial charge in [-0.1, -0.05) is 19.1 Å². The number of hydrogen-bond donors (Lipinski definition) is 2. The molecule has 1 aromatic heterocycles. The van der Waals surface area contributed by atoms with Crippen LogP contribution in [0.15, 0.2) is 39.9 Å². The van der Waals surface area contributed by atoms with E-state index in [1.807, 2.05) is 0 Å². The second-order valence-electron chi connectivity index (χ2n) is 7.30. The van der Waals surface area contributed by atoms with Crippen molar-refractivity contribution in [3.63, 3.8) is 0 Å². The van der Waals surface area contributed by atoms with Gasteiger partial charge in [-0.3, -0.25) is 28.9 Å². The van der Waals surface area contributed by atoms with Gasteiger partial charge in [0.05, 0.1) is 11.5 Å². The third-order valence-electron chi connectivity index (χ3n) is 5.23. The molecule has 1 unspecified atom stereocenters. The van der Waals surface area contributed by atoms with Gasteiger partial charge in [-0.2, -0.15) is 0 Å². The van der Waals surface area contributed by atoms with Gasteiger partial charge in [-0.05, 0) is 24.4 Å². The number of aliphatic hydroxyl groups excluding tert-OH is 1. The van der Waals surface area contributed by atoms with Crippen LogP contribution in [0, 0.1) is 10.1 Å². The van der Waals surface area contributed by atoms with Crippen molar-refractivity contribution in [1.82, 2.24) is 14.0 Å². The molecule has 2 rings (SSSR count). The molecule has 1 atom stereocenters. The molecule has 0 fully saturated rings. The molecule has 0 saturated carbocycles. The minimum atomic E-state index is -0.414. The highest BCUT2D eigenvalue weighted by Crippen LogP contribution is 2.22. The van der Waals surface area contributed by atoms with Crippen LogP contribution in [0.3, 0.4) is 0 Å². The van der Waals surface area contributed by atoms with Gasteiger partial charge in [0, 0.05) is 51.9 Å². The van der Waals surface area contributed by atoms with E-state index in [1.165, 1.54) is 29.8 Å². The van der Waals surface area contributed by atoms with Crippen molar-refractivity contribution in [2.75, 3.05) is 38.1 Å². The molecular weight excluding hydrogens is 390 g/mol. The smallest absolute Gasteiger partial charge is 0.332 e. The number of non-ortho nitro benzene ring substituents is 1. The molecule has 2 aromatic rings. The molecule has 0 bridgehead atoms. The number of hydrogen-bond acceptors (Lipinski definition) is 7. The average molecular weight is 419 g/mol. The highest BCUT2D eigenvalue weighted by molar-refractivity contribution is 5.34. The molecule has 0 radical (unpaired) electrons. The zero-order valence-corrected chi connectivity index (χ0v) is 17.6. The third kappa shape index (κ3) is 6.01. The molecule has 0 aliphatic carbocycles. The normalized spacial score (nSPS) is 12.2. The lowest BCUT2D eigenvalue weighted by Crippen LogP contribution is -2.38. The van der Waals surface area contributed by atoms with Crippen molar-refractivity contribution in [3.8, 4) is 0 Å². The van der Waals surface area contributed by atoms with E-state index in [0.717, 1.165) is 23.1 Å². The fraction of sp³-hybridized carbons (Fsp3) is 0.500. The molecule has 0 saturated heterocycles. The predicted molar refractivity (Wildman–Crippen MR) is 115 cm³/mol. The van der Waals surface area contributed by atoms with Crippen LogP contribution in [-0.2, 0) is 14.1 Å². The number of nitrogens with one attached hydrogen (secondary N) is 1. The monoisotopic (exact) mass is 419 g/mol. The Labute approximate surface area is 174 Å². The van der Waals surface area contributed by atoms with Crippen LogP contribution >= 0.6 is 0 Å². The molecular formula is C20H29N5O5. The van der Waals surface area contributed by atoms with Crippen molar-refractivity contribution < 1.29 is 10.0 Å². The summed E-state index contributed by atoms with van der Waals surface area (Å²) in [5.74, 6) is 0.657. The Balaban J connectivity index is 1.91. The van der Waals surface area contributed by atoms with Crippen LogP contribution in [-0.4, -0.2) is 56.8 Å². The van der Waals surface area contributed by atoms with Gasteiger partial charge in [0.25, 0.3) is 11.2 Å². The number of nitro benzene ring substituents is 1. The summed E-state index contributed by atoms with van der Waals surface area (Å²) in [5, 5.41) is 23.2. The molecule has 0 aliphatic rings. The van der Waals surface area contributed by atoms with Crippen LogP contribution in [0.4, 0.5) is 11.5 Å². The summed E-state index contributed by atoms with van der Waals surface area (Å²) in [6.07, 6.45) is 0.822. The zero-order chi connectivity index (χ0) is 22.3. The van der Waals surface area contributed by atoms with Crippen molar-refractivity contribution in [2.24, 2.45) is 14.1 Å². The number of benzene rings is 1. The first-order valence-corrected chi connectivity index (χ1v) is 9.83. The van der Waals surface area contributed by atoms with Gasteiger partial charge in [0.2, 0.25) is 0 Å². The first-order chi connectivity index (χ1) is 14.2. The molecule has 164 valence electrons. The Kier molecular flexibility index (Phi) is 8.31. The van der Waals surface area contributed by atoms with Crippen LogP contribution in [0.1, 0.15) is 24.8 Å². The molecule has 1 aromatic carbocycles. The SMILES string of the molecule is CC(CCN(CCO)CCNc1cc(=O)n(C)c(=O)n1C)c1ccc([N+](=O)[O-])cc1. The van der Waals surface area contributed by atoms with Crippen LogP contribution in [0.5, 0.6) is 0 Å². The van der Waals surface area contributed by atoms with E-state index < -0.39 is 10.6 Å². The molecule has 0 amide bonds. The minimum absolute atomic E-state index is 0.0241. The van der Waals surface area contributed by atoms with Crippen molar-refractivity contribution in [2.45, 2.75) is 19.3 Å². The quantitative estimate of drug-likeness (QED) is 0.410. The van der Waals surface area contributed by atoms with Gasteiger partial charge in [-0.25, -0.2) is 4.79 Å². The number of anilines is 1. The molecule has 1 heterocycles. The maximum atomic E-state index is 12.0. The van der Waals surface area contributed by atoms with Crippen LogP contribution in [0.2, 0.25) is 0 Å². The molecule has 0 aliphatic heterocycles. The lowest BCUT2D eigenvalue weighted by atomic mass is 9.97. The third-order valence-corrected chi connectivity index (χ3v) is 5.23. The molecule has 30 heavy (non-hydrogen) atoms. The summed E-state index contributed by atoms with van der Waals surface area (Å²) in [6, 6.07) is 7.95. The lowest BCUT2D eigenvalue weighted by molar-refractivity contribution is -0.384. The number of nitrogens with zero attached hydrogens (tertiary/aromatic N) is 4. The van der Waals surface area contributed by atoms with Crippen LogP contribution in [0.25, 0.3) is 0 Å². The summed E-state index contributed by atoms with van der Waals surface area (Å²) in [4.78, 5) is 36.3. The van der Waals surface area contributed by atoms with Gasteiger partial charge in [0.1, 0.15) is 5.82 Å². The van der Waals surface area contributed by atoms with Gasteiger partial charge in [0.15, 0.2) is 0 Å². The fourth-order valence-electron chi connectivity index (χ4n) is 3.19. The summed E-state index contributed by atoms with van der Waals surface area (Å²) < 4.78 is 2.43. The van der Waals surface area contributed by atoms with E-state index in [4.69, 9.17) is 0 Å². The highest BCUT2D eigenvalue weighted by atomic mass is 16.6. The first-order valence-electron chi connectivity index (χ1n) is 9.83. The molecule has 0 spiro atoms. The molecule has 2 N–H and O–H groups in total. The topological polar surface area (TPSA) is 123 Å². The van der Waals surface area contributed by atoms with E-state index in [2.05, 4.69) is 17.1 Å². The minimum Gasteiger partial charge on any atom is -0.395 e. The second kappa shape index (κ2) is 10.7. The van der Waals surface area contributed by atoms with E-state index in [9.17, 15) is 24.8 Å². The number of aromatic nitrogens is 2. The first kappa shape index (κ1) is 23.3. The zero-order valence-electron chi connectivity index (χ0n) is 17.6. The Hall–Kier alpha value is -2.98. The van der Waals surface area contributed by atoms with Gasteiger partial charge >= 0.3 is 5.69 Å². The van der Waals surface area contributed by atoms with E-state index in [1.54, 1.807) is 19.2 Å². The van der Waals surface area contributed by atoms with E-state index in [0.29, 0.717) is 25.5 Å². The van der Waals surface area contributed by atoms with Crippen molar-refractivity contribution in [1.29, 1.82) is 0 Å². The van der Waals surface area contributed by atoms with Gasteiger partial charge < -0.3 is 10.4 Å². The number of nitro groups is 1. The lowest BCUT2D eigenvalue weighted by Gasteiger charge is -2.24. The number of aliphatic hydroxyl groups is 1. The van der Waals surface area contributed by atoms with Crippen LogP contribution < -0.4 is 16.6 Å². The maximum Gasteiger partial charge on any atom is 0.332 e. The van der Waals surface area contributed by atoms with E-state index in [-0.39, 0.29) is 23.8 Å². The Morgan fingerprint density at radius 2 is 1.80 bits per heavy atom. The number of rotatable bonds is 11. The van der Waals surface area contributed by atoms with E-state index >= 15 is 0 Å². The summed E-state index contributed by atoms with van der Waals surface area (Å²) in [6.45, 7) is 4.45.